The molecule has 3 aromatic rings. The fourth-order valence-electron chi connectivity index (χ4n) is 2.13. The second kappa shape index (κ2) is 7.47. The van der Waals surface area contributed by atoms with E-state index in [0.29, 0.717) is 0 Å². The maximum atomic E-state index is 4.24. The minimum Gasteiger partial charge on any atom is -0.151 e. The van der Waals surface area contributed by atoms with Crippen molar-refractivity contribution < 1.29 is 0 Å². The summed E-state index contributed by atoms with van der Waals surface area (Å²) < 4.78 is 3.50. The summed E-state index contributed by atoms with van der Waals surface area (Å²) in [7, 11) is 0. The van der Waals surface area contributed by atoms with E-state index >= 15 is 0 Å². The fourth-order valence-corrected chi connectivity index (χ4v) is 2.23. The first kappa shape index (κ1) is 15.1. The Bertz CT molecular complexity index is 827. The predicted octanol–water partition coefficient (Wildman–Crippen LogP) is 6.70. The zero-order valence-electron chi connectivity index (χ0n) is 12.2. The lowest BCUT2D eigenvalue weighted by molar-refractivity contribution is 1.23. The summed E-state index contributed by atoms with van der Waals surface area (Å²) in [4.78, 5) is 0. The van der Waals surface area contributed by atoms with E-state index in [1.807, 2.05) is 78.9 Å². The monoisotopic (exact) mass is 318 g/mol. The molecule has 0 radical (unpaired) electrons. The molecule has 0 heterocycles. The highest BCUT2D eigenvalue weighted by atomic mass is 32.1. The number of hydrogen-bond acceptors (Lipinski definition) is 4. The van der Waals surface area contributed by atoms with Crippen LogP contribution in [0, 0.1) is 0 Å². The molecular weight excluding hydrogens is 304 g/mol. The van der Waals surface area contributed by atoms with E-state index in [1.165, 1.54) is 0 Å². The van der Waals surface area contributed by atoms with Crippen molar-refractivity contribution in [3.05, 3.63) is 78.9 Å². The Morgan fingerprint density at radius 2 is 1.17 bits per heavy atom. The van der Waals surface area contributed by atoms with Gasteiger partial charge in [0, 0.05) is 0 Å². The molecule has 112 valence electrons. The van der Waals surface area contributed by atoms with Crippen LogP contribution in [0.25, 0.3) is 11.1 Å². The zero-order chi connectivity index (χ0) is 15.9. The molecule has 0 aliphatic carbocycles. The molecule has 0 amide bonds. The molecule has 5 heteroatoms. The first-order valence-corrected chi connectivity index (χ1v) is 7.47. The van der Waals surface area contributed by atoms with E-state index in [0.717, 1.165) is 28.2 Å². The number of nitrogens with zero attached hydrogens (tertiary/aromatic N) is 4. The van der Waals surface area contributed by atoms with Crippen LogP contribution in [0.1, 0.15) is 0 Å². The topological polar surface area (TPSA) is 49.4 Å². The van der Waals surface area contributed by atoms with Crippen LogP contribution in [-0.2, 0) is 0 Å². The number of rotatable bonds is 4. The maximum Gasteiger partial charge on any atom is 0.0869 e. The summed E-state index contributed by atoms with van der Waals surface area (Å²) in [5.41, 5.74) is 4.56. The zero-order valence-corrected chi connectivity index (χ0v) is 13.1. The van der Waals surface area contributed by atoms with Crippen LogP contribution < -0.4 is 0 Å². The van der Waals surface area contributed by atoms with Crippen LogP contribution >= 0.6 is 12.8 Å². The fraction of sp³-hybridized carbons (Fsp3) is 0. The number of azo groups is 1. The number of hydrogen-bond donors (Lipinski definition) is 1. The van der Waals surface area contributed by atoms with E-state index in [9.17, 15) is 0 Å². The molecule has 3 rings (SSSR count). The molecule has 0 bridgehead atoms. The Kier molecular flexibility index (Phi) is 4.91. The molecular formula is C18H14N4S. The van der Waals surface area contributed by atoms with E-state index in [-0.39, 0.29) is 0 Å². The molecule has 0 aromatic heterocycles. The molecule has 23 heavy (non-hydrogen) atoms. The van der Waals surface area contributed by atoms with Gasteiger partial charge in [0.1, 0.15) is 0 Å². The van der Waals surface area contributed by atoms with E-state index in [1.54, 1.807) is 0 Å². The average Bonchev–Trinajstić information content (AvgIpc) is 2.62. The minimum atomic E-state index is 0.769. The Labute approximate surface area is 140 Å². The van der Waals surface area contributed by atoms with Gasteiger partial charge in [-0.05, 0) is 60.3 Å². The lowest BCUT2D eigenvalue weighted by Crippen LogP contribution is -1.76. The molecule has 3 aromatic carbocycles. The normalized spacial score (nSPS) is 11.3. The van der Waals surface area contributed by atoms with Crippen LogP contribution in [-0.4, -0.2) is 0 Å². The summed E-state index contributed by atoms with van der Waals surface area (Å²) in [5, 5.41) is 12.4. The molecule has 0 unspecified atom stereocenters. The summed E-state index contributed by atoms with van der Waals surface area (Å²) in [6, 6.07) is 25.4. The number of benzene rings is 3. The summed E-state index contributed by atoms with van der Waals surface area (Å²) in [6.07, 6.45) is 0. The molecule has 0 N–H and O–H groups in total. The number of thiol groups is 1. The Morgan fingerprint density at radius 3 is 1.87 bits per heavy atom. The first-order valence-electron chi connectivity index (χ1n) is 7.07. The van der Waals surface area contributed by atoms with Crippen molar-refractivity contribution >= 4 is 29.9 Å². The van der Waals surface area contributed by atoms with Crippen LogP contribution in [0.4, 0.5) is 17.1 Å². The van der Waals surface area contributed by atoms with Gasteiger partial charge in [-0.15, -0.1) is 9.63 Å². The van der Waals surface area contributed by atoms with Gasteiger partial charge < -0.3 is 0 Å². The highest BCUT2D eigenvalue weighted by Crippen LogP contribution is 2.27. The van der Waals surface area contributed by atoms with E-state index in [4.69, 9.17) is 0 Å². The lowest BCUT2D eigenvalue weighted by atomic mass is 10.1. The average molecular weight is 318 g/mol. The Morgan fingerprint density at radius 1 is 0.522 bits per heavy atom. The van der Waals surface area contributed by atoms with Gasteiger partial charge in [0.2, 0.25) is 0 Å². The van der Waals surface area contributed by atoms with Crippen molar-refractivity contribution in [3.8, 4) is 11.1 Å². The third-order valence-corrected chi connectivity index (χ3v) is 3.33. The molecule has 0 aliphatic rings. The Hall–Kier alpha value is -2.79. The van der Waals surface area contributed by atoms with Gasteiger partial charge in [0.15, 0.2) is 0 Å². The van der Waals surface area contributed by atoms with Crippen molar-refractivity contribution in [2.45, 2.75) is 0 Å². The molecule has 0 saturated heterocycles. The third kappa shape index (κ3) is 4.11. The molecule has 0 saturated carbocycles. The van der Waals surface area contributed by atoms with Gasteiger partial charge in [-0.1, -0.05) is 42.5 Å². The van der Waals surface area contributed by atoms with Crippen molar-refractivity contribution in [2.75, 3.05) is 0 Å². The minimum absolute atomic E-state index is 0.769. The molecule has 0 fully saturated rings. The largest absolute Gasteiger partial charge is 0.151 e. The van der Waals surface area contributed by atoms with Crippen molar-refractivity contribution in [1.29, 1.82) is 0 Å². The van der Waals surface area contributed by atoms with Gasteiger partial charge in [-0.25, -0.2) is 0 Å². The van der Waals surface area contributed by atoms with E-state index < -0.39 is 0 Å². The molecule has 4 nitrogen and oxygen atoms in total. The van der Waals surface area contributed by atoms with Gasteiger partial charge >= 0.3 is 0 Å². The van der Waals surface area contributed by atoms with Gasteiger partial charge in [0.25, 0.3) is 0 Å². The standard InChI is InChI=1S/C18H14N4S/c23-22-21-18-8-4-5-15(13-18)14-9-11-17(12-10-14)20-19-16-6-2-1-3-7-16/h1-13H,(H,21,23)/b20-19+. The van der Waals surface area contributed by atoms with Crippen LogP contribution in [0.15, 0.2) is 98.7 Å². The Balaban J connectivity index is 1.79. The lowest BCUT2D eigenvalue weighted by Gasteiger charge is -2.02. The first-order chi connectivity index (χ1) is 11.3. The third-order valence-electron chi connectivity index (χ3n) is 3.24. The van der Waals surface area contributed by atoms with Gasteiger partial charge in [0.05, 0.1) is 17.1 Å². The molecule has 0 spiro atoms. The van der Waals surface area contributed by atoms with Crippen LogP contribution in [0.5, 0.6) is 0 Å². The van der Waals surface area contributed by atoms with Crippen molar-refractivity contribution in [3.63, 3.8) is 0 Å². The van der Waals surface area contributed by atoms with Crippen molar-refractivity contribution in [2.24, 2.45) is 19.9 Å². The molecule has 0 aliphatic heterocycles. The maximum absolute atomic E-state index is 4.24. The highest BCUT2D eigenvalue weighted by Gasteiger charge is 1.99. The summed E-state index contributed by atoms with van der Waals surface area (Å²) in [5.74, 6) is 0. The molecule has 0 atom stereocenters. The summed E-state index contributed by atoms with van der Waals surface area (Å²) in [6.45, 7) is 0. The SMILES string of the molecule is SN=Nc1cccc(-c2ccc(/N=N/c3ccccc3)cc2)c1. The predicted molar refractivity (Wildman–Crippen MR) is 96.0 cm³/mol. The van der Waals surface area contributed by atoms with E-state index in [2.05, 4.69) is 32.7 Å². The van der Waals surface area contributed by atoms with Crippen molar-refractivity contribution in [1.82, 2.24) is 0 Å². The smallest absolute Gasteiger partial charge is 0.0869 e. The van der Waals surface area contributed by atoms with Crippen LogP contribution in [0.2, 0.25) is 0 Å². The van der Waals surface area contributed by atoms with Crippen LogP contribution in [0.3, 0.4) is 0 Å². The summed E-state index contributed by atoms with van der Waals surface area (Å²) >= 11 is 3.76. The second-order valence-corrected chi connectivity index (χ2v) is 5.00. The van der Waals surface area contributed by atoms with Gasteiger partial charge in [-0.3, -0.25) is 0 Å². The second-order valence-electron chi connectivity index (χ2n) is 4.82. The highest BCUT2D eigenvalue weighted by molar-refractivity contribution is 7.78. The quantitative estimate of drug-likeness (QED) is 0.411. The van der Waals surface area contributed by atoms with Gasteiger partial charge in [-0.2, -0.15) is 10.2 Å².